The van der Waals surface area contributed by atoms with Crippen LogP contribution in [0.1, 0.15) is 12.0 Å². The highest BCUT2D eigenvalue weighted by Gasteiger charge is 2.33. The Balaban J connectivity index is 1.82. The molecule has 0 saturated carbocycles. The number of para-hydroxylation sites is 1. The molecule has 0 aliphatic rings. The zero-order valence-electron chi connectivity index (χ0n) is 15.0. The van der Waals surface area contributed by atoms with Crippen molar-refractivity contribution in [2.75, 3.05) is 30.8 Å². The first kappa shape index (κ1) is 21.7. The van der Waals surface area contributed by atoms with Crippen LogP contribution in [0, 0.1) is 0 Å². The van der Waals surface area contributed by atoms with Crippen LogP contribution in [0.3, 0.4) is 0 Å². The van der Waals surface area contributed by atoms with Crippen LogP contribution >= 0.6 is 11.6 Å². The van der Waals surface area contributed by atoms with Crippen LogP contribution in [0.15, 0.2) is 48.5 Å². The van der Waals surface area contributed by atoms with Crippen LogP contribution in [0.2, 0.25) is 5.02 Å². The quantitative estimate of drug-likeness (QED) is 0.713. The number of amides is 2. The SMILES string of the molecule is CN(CCC(=O)Nc1ccccc1)CC(=O)Nc1ccc(Cl)c(C(F)(F)F)c1. The van der Waals surface area contributed by atoms with Crippen molar-refractivity contribution >= 4 is 34.8 Å². The van der Waals surface area contributed by atoms with E-state index in [4.69, 9.17) is 11.6 Å². The summed E-state index contributed by atoms with van der Waals surface area (Å²) in [6.07, 6.45) is -4.45. The first-order valence-corrected chi connectivity index (χ1v) is 8.73. The average molecular weight is 414 g/mol. The monoisotopic (exact) mass is 413 g/mol. The molecule has 0 aliphatic heterocycles. The second-order valence-corrected chi connectivity index (χ2v) is 6.55. The molecule has 0 aliphatic carbocycles. The van der Waals surface area contributed by atoms with Crippen LogP contribution in [0.5, 0.6) is 0 Å². The van der Waals surface area contributed by atoms with E-state index in [0.717, 1.165) is 12.1 Å². The highest BCUT2D eigenvalue weighted by molar-refractivity contribution is 6.31. The Morgan fingerprint density at radius 3 is 2.29 bits per heavy atom. The Labute approximate surface area is 165 Å². The summed E-state index contributed by atoms with van der Waals surface area (Å²) < 4.78 is 38.6. The van der Waals surface area contributed by atoms with Crippen molar-refractivity contribution in [2.24, 2.45) is 0 Å². The number of anilines is 2. The molecule has 0 atom stereocenters. The summed E-state index contributed by atoms with van der Waals surface area (Å²) in [4.78, 5) is 25.5. The van der Waals surface area contributed by atoms with Crippen molar-refractivity contribution in [3.8, 4) is 0 Å². The molecule has 0 spiro atoms. The zero-order chi connectivity index (χ0) is 20.7. The Hall–Kier alpha value is -2.58. The van der Waals surface area contributed by atoms with Gasteiger partial charge in [0.05, 0.1) is 17.1 Å². The lowest BCUT2D eigenvalue weighted by atomic mass is 10.2. The Morgan fingerprint density at radius 2 is 1.64 bits per heavy atom. The lowest BCUT2D eigenvalue weighted by Gasteiger charge is -2.17. The second kappa shape index (κ2) is 9.57. The van der Waals surface area contributed by atoms with Gasteiger partial charge in [-0.2, -0.15) is 13.2 Å². The molecule has 0 aromatic heterocycles. The number of rotatable bonds is 7. The van der Waals surface area contributed by atoms with E-state index in [0.29, 0.717) is 12.2 Å². The van der Waals surface area contributed by atoms with Crippen LogP contribution in [0.4, 0.5) is 24.5 Å². The van der Waals surface area contributed by atoms with Gasteiger partial charge in [0.25, 0.3) is 0 Å². The molecule has 9 heteroatoms. The summed E-state index contributed by atoms with van der Waals surface area (Å²) in [5.41, 5.74) is -0.342. The van der Waals surface area contributed by atoms with Crippen LogP contribution < -0.4 is 10.6 Å². The molecule has 2 N–H and O–H groups in total. The van der Waals surface area contributed by atoms with Gasteiger partial charge in [-0.3, -0.25) is 14.5 Å². The number of nitrogens with zero attached hydrogens (tertiary/aromatic N) is 1. The Bertz CT molecular complexity index is 829. The number of carbonyl (C=O) groups excluding carboxylic acids is 2. The number of halogens is 4. The maximum absolute atomic E-state index is 12.9. The molecule has 28 heavy (non-hydrogen) atoms. The van der Waals surface area contributed by atoms with Crippen molar-refractivity contribution < 1.29 is 22.8 Å². The lowest BCUT2D eigenvalue weighted by Crippen LogP contribution is -2.32. The number of alkyl halides is 3. The predicted molar refractivity (Wildman–Crippen MR) is 102 cm³/mol. The van der Waals surface area contributed by atoms with Gasteiger partial charge in [-0.25, -0.2) is 0 Å². The number of carbonyl (C=O) groups is 2. The molecule has 0 radical (unpaired) electrons. The van der Waals surface area contributed by atoms with Crippen molar-refractivity contribution in [2.45, 2.75) is 12.6 Å². The minimum atomic E-state index is -4.61. The fourth-order valence-electron chi connectivity index (χ4n) is 2.38. The molecule has 150 valence electrons. The van der Waals surface area contributed by atoms with Gasteiger partial charge in [0.2, 0.25) is 11.8 Å². The van der Waals surface area contributed by atoms with Gasteiger partial charge in [0, 0.05) is 24.3 Å². The number of likely N-dealkylation sites (N-methyl/N-ethyl adjacent to an activating group) is 1. The molecule has 2 aromatic carbocycles. The molecule has 0 saturated heterocycles. The Morgan fingerprint density at radius 1 is 1.00 bits per heavy atom. The van der Waals surface area contributed by atoms with E-state index in [-0.39, 0.29) is 24.6 Å². The molecule has 2 aromatic rings. The van der Waals surface area contributed by atoms with E-state index in [9.17, 15) is 22.8 Å². The third-order valence-corrected chi connectivity index (χ3v) is 4.08. The van der Waals surface area contributed by atoms with Gasteiger partial charge in [-0.05, 0) is 37.4 Å². The van der Waals surface area contributed by atoms with E-state index in [1.807, 2.05) is 6.07 Å². The third-order valence-electron chi connectivity index (χ3n) is 3.75. The molecule has 2 rings (SSSR count). The summed E-state index contributed by atoms with van der Waals surface area (Å²) in [6.45, 7) is 0.225. The zero-order valence-corrected chi connectivity index (χ0v) is 15.8. The summed E-state index contributed by atoms with van der Waals surface area (Å²) in [6, 6.07) is 12.1. The maximum atomic E-state index is 12.9. The molecule has 0 heterocycles. The van der Waals surface area contributed by atoms with Gasteiger partial charge < -0.3 is 10.6 Å². The van der Waals surface area contributed by atoms with Gasteiger partial charge in [-0.1, -0.05) is 29.8 Å². The van der Waals surface area contributed by atoms with Crippen LogP contribution in [-0.2, 0) is 15.8 Å². The van der Waals surface area contributed by atoms with Crippen molar-refractivity contribution in [1.29, 1.82) is 0 Å². The van der Waals surface area contributed by atoms with Crippen LogP contribution in [-0.4, -0.2) is 36.9 Å². The van der Waals surface area contributed by atoms with E-state index in [1.165, 1.54) is 6.07 Å². The van der Waals surface area contributed by atoms with Crippen molar-refractivity contribution in [3.63, 3.8) is 0 Å². The van der Waals surface area contributed by atoms with E-state index < -0.39 is 22.7 Å². The number of hydrogen-bond acceptors (Lipinski definition) is 3. The summed E-state index contributed by atoms with van der Waals surface area (Å²) in [5, 5.41) is 4.69. The Kier molecular flexibility index (Phi) is 7.42. The molecule has 0 fully saturated rings. The molecular weight excluding hydrogens is 395 g/mol. The van der Waals surface area contributed by atoms with Gasteiger partial charge >= 0.3 is 6.18 Å². The smallest absolute Gasteiger partial charge is 0.326 e. The first-order valence-electron chi connectivity index (χ1n) is 8.35. The maximum Gasteiger partial charge on any atom is 0.417 e. The van der Waals surface area contributed by atoms with Gasteiger partial charge in [0.1, 0.15) is 0 Å². The summed E-state index contributed by atoms with van der Waals surface area (Å²) in [5.74, 6) is -0.701. The highest BCUT2D eigenvalue weighted by Crippen LogP contribution is 2.36. The van der Waals surface area contributed by atoms with Gasteiger partial charge in [0.15, 0.2) is 0 Å². The molecular formula is C19H19ClF3N3O2. The molecule has 0 bridgehead atoms. The first-order chi connectivity index (χ1) is 13.1. The molecule has 5 nitrogen and oxygen atoms in total. The van der Waals surface area contributed by atoms with Crippen molar-refractivity contribution in [3.05, 3.63) is 59.1 Å². The number of hydrogen-bond donors (Lipinski definition) is 2. The highest BCUT2D eigenvalue weighted by atomic mass is 35.5. The second-order valence-electron chi connectivity index (χ2n) is 6.14. The summed E-state index contributed by atoms with van der Waals surface area (Å²) >= 11 is 5.55. The standard InChI is InChI=1S/C19H19ClF3N3O2/c1-26(10-9-17(27)24-13-5-3-2-4-6-13)12-18(28)25-14-7-8-16(20)15(11-14)19(21,22)23/h2-8,11H,9-10,12H2,1H3,(H,24,27)(H,25,28). The molecule has 2 amide bonds. The normalized spacial score (nSPS) is 11.4. The minimum Gasteiger partial charge on any atom is -0.326 e. The van der Waals surface area contributed by atoms with E-state index in [2.05, 4.69) is 10.6 Å². The summed E-state index contributed by atoms with van der Waals surface area (Å²) in [7, 11) is 1.64. The molecule has 0 unspecified atom stereocenters. The van der Waals surface area contributed by atoms with E-state index in [1.54, 1.807) is 36.2 Å². The topological polar surface area (TPSA) is 61.4 Å². The fourth-order valence-corrected chi connectivity index (χ4v) is 2.61. The largest absolute Gasteiger partial charge is 0.417 e. The van der Waals surface area contributed by atoms with Crippen molar-refractivity contribution in [1.82, 2.24) is 4.90 Å². The fraction of sp³-hybridized carbons (Fsp3) is 0.263. The number of benzene rings is 2. The van der Waals surface area contributed by atoms with Crippen LogP contribution in [0.25, 0.3) is 0 Å². The average Bonchev–Trinajstić information content (AvgIpc) is 2.61. The minimum absolute atomic E-state index is 0.00283. The van der Waals surface area contributed by atoms with Gasteiger partial charge in [-0.15, -0.1) is 0 Å². The number of nitrogens with one attached hydrogen (secondary N) is 2. The third kappa shape index (κ3) is 6.86. The van der Waals surface area contributed by atoms with E-state index >= 15 is 0 Å². The lowest BCUT2D eigenvalue weighted by molar-refractivity contribution is -0.137. The predicted octanol–water partition coefficient (Wildman–Crippen LogP) is 4.26.